The van der Waals surface area contributed by atoms with Crippen molar-refractivity contribution < 1.29 is 0 Å². The summed E-state index contributed by atoms with van der Waals surface area (Å²) >= 11 is 0. The van der Waals surface area contributed by atoms with Gasteiger partial charge in [-0.2, -0.15) is 0 Å². The zero-order chi connectivity index (χ0) is 13.0. The van der Waals surface area contributed by atoms with Gasteiger partial charge in [-0.3, -0.25) is 0 Å². The zero-order valence-electron chi connectivity index (χ0n) is 12.1. The van der Waals surface area contributed by atoms with E-state index in [1.165, 1.54) is 25.7 Å². The fourth-order valence-electron chi connectivity index (χ4n) is 2.72. The summed E-state index contributed by atoms with van der Waals surface area (Å²) in [6.07, 6.45) is 5.43. The highest BCUT2D eigenvalue weighted by atomic mass is 14.9. The van der Waals surface area contributed by atoms with Crippen molar-refractivity contribution in [2.45, 2.75) is 58.4 Å². The van der Waals surface area contributed by atoms with Gasteiger partial charge < -0.3 is 5.32 Å². The quantitative estimate of drug-likeness (QED) is 0.794. The van der Waals surface area contributed by atoms with E-state index >= 15 is 0 Å². The maximum atomic E-state index is 3.54. The molecular weight excluding hydrogens is 218 g/mol. The Morgan fingerprint density at radius 1 is 1.17 bits per heavy atom. The predicted octanol–water partition coefficient (Wildman–Crippen LogP) is 4.13. The van der Waals surface area contributed by atoms with E-state index in [9.17, 15) is 0 Å². The molecule has 1 saturated carbocycles. The largest absolute Gasteiger partial charge is 0.314 e. The van der Waals surface area contributed by atoms with E-state index in [1.807, 2.05) is 0 Å². The molecule has 0 bridgehead atoms. The van der Waals surface area contributed by atoms with Gasteiger partial charge >= 0.3 is 0 Å². The van der Waals surface area contributed by atoms with Crippen LogP contribution in [0.3, 0.4) is 0 Å². The number of nitrogens with one attached hydrogen (secondary N) is 1. The third kappa shape index (κ3) is 3.58. The smallest absolute Gasteiger partial charge is 0.00104 e. The Morgan fingerprint density at radius 2 is 1.89 bits per heavy atom. The zero-order valence-corrected chi connectivity index (χ0v) is 12.1. The van der Waals surface area contributed by atoms with Gasteiger partial charge in [-0.05, 0) is 48.8 Å². The van der Waals surface area contributed by atoms with Crippen LogP contribution in [0.2, 0.25) is 0 Å². The molecular formula is C17H27N. The molecule has 2 rings (SSSR count). The van der Waals surface area contributed by atoms with E-state index in [0.717, 1.165) is 12.5 Å². The Kier molecular flexibility index (Phi) is 4.82. The second-order valence-corrected chi connectivity index (χ2v) is 6.20. The van der Waals surface area contributed by atoms with Crippen LogP contribution in [0.5, 0.6) is 0 Å². The molecule has 0 heterocycles. The molecule has 1 fully saturated rings. The van der Waals surface area contributed by atoms with Gasteiger partial charge in [0.25, 0.3) is 0 Å². The molecule has 100 valence electrons. The van der Waals surface area contributed by atoms with Crippen LogP contribution in [-0.2, 0) is 6.42 Å². The molecule has 0 aromatic heterocycles. The summed E-state index contributed by atoms with van der Waals surface area (Å²) < 4.78 is 0. The number of rotatable bonds is 6. The topological polar surface area (TPSA) is 12.0 Å². The number of hydrogen-bond acceptors (Lipinski definition) is 1. The van der Waals surface area contributed by atoms with Crippen LogP contribution in [0.15, 0.2) is 24.3 Å². The standard InChI is InChI=1S/C17H27N/c1-13(2)18-12-14(3)11-16-7-4-5-10-17(16)15-8-6-9-15/h4-5,7,10,13-15,18H,6,8-9,11-12H2,1-3H3. The van der Waals surface area contributed by atoms with Gasteiger partial charge in [0.2, 0.25) is 0 Å². The van der Waals surface area contributed by atoms with Crippen molar-refractivity contribution in [2.75, 3.05) is 6.54 Å². The summed E-state index contributed by atoms with van der Waals surface area (Å²) in [4.78, 5) is 0. The molecule has 1 aliphatic carbocycles. The minimum absolute atomic E-state index is 0.592. The van der Waals surface area contributed by atoms with Crippen LogP contribution in [0.1, 0.15) is 57.1 Å². The molecule has 1 aliphatic rings. The van der Waals surface area contributed by atoms with E-state index in [2.05, 4.69) is 50.4 Å². The molecule has 18 heavy (non-hydrogen) atoms. The summed E-state index contributed by atoms with van der Waals surface area (Å²) in [6.45, 7) is 7.91. The summed E-state index contributed by atoms with van der Waals surface area (Å²) in [5.41, 5.74) is 3.21. The van der Waals surface area contributed by atoms with Gasteiger partial charge in [0, 0.05) is 6.04 Å². The maximum Gasteiger partial charge on any atom is 0.00104 e. The minimum atomic E-state index is 0.592. The summed E-state index contributed by atoms with van der Waals surface area (Å²) in [5, 5.41) is 3.54. The monoisotopic (exact) mass is 245 g/mol. The second-order valence-electron chi connectivity index (χ2n) is 6.20. The van der Waals surface area contributed by atoms with Crippen LogP contribution in [-0.4, -0.2) is 12.6 Å². The molecule has 0 amide bonds. The van der Waals surface area contributed by atoms with Crippen LogP contribution in [0.25, 0.3) is 0 Å². The van der Waals surface area contributed by atoms with E-state index in [-0.39, 0.29) is 0 Å². The van der Waals surface area contributed by atoms with Gasteiger partial charge in [0.15, 0.2) is 0 Å². The van der Waals surface area contributed by atoms with Crippen LogP contribution < -0.4 is 5.32 Å². The van der Waals surface area contributed by atoms with Crippen molar-refractivity contribution in [1.29, 1.82) is 0 Å². The third-order valence-electron chi connectivity index (χ3n) is 4.04. The highest BCUT2D eigenvalue weighted by molar-refractivity contribution is 5.32. The van der Waals surface area contributed by atoms with Crippen LogP contribution in [0.4, 0.5) is 0 Å². The first-order valence-electron chi connectivity index (χ1n) is 7.48. The highest BCUT2D eigenvalue weighted by Crippen LogP contribution is 2.38. The van der Waals surface area contributed by atoms with Crippen molar-refractivity contribution in [1.82, 2.24) is 5.32 Å². The van der Waals surface area contributed by atoms with E-state index in [1.54, 1.807) is 11.1 Å². The normalized spacial score (nSPS) is 17.8. The first kappa shape index (κ1) is 13.6. The Balaban J connectivity index is 1.95. The van der Waals surface area contributed by atoms with Gasteiger partial charge in [-0.25, -0.2) is 0 Å². The third-order valence-corrected chi connectivity index (χ3v) is 4.04. The molecule has 1 nitrogen and oxygen atoms in total. The van der Waals surface area contributed by atoms with Gasteiger partial charge in [-0.1, -0.05) is 51.5 Å². The summed E-state index contributed by atoms with van der Waals surface area (Å²) in [7, 11) is 0. The molecule has 1 atom stereocenters. The van der Waals surface area contributed by atoms with Crippen molar-refractivity contribution in [3.05, 3.63) is 35.4 Å². The fraction of sp³-hybridized carbons (Fsp3) is 0.647. The lowest BCUT2D eigenvalue weighted by molar-refractivity contribution is 0.413. The van der Waals surface area contributed by atoms with Crippen LogP contribution in [0, 0.1) is 5.92 Å². The molecule has 0 saturated heterocycles. The molecule has 0 radical (unpaired) electrons. The van der Waals surface area contributed by atoms with Crippen molar-refractivity contribution in [3.8, 4) is 0 Å². The number of hydrogen-bond donors (Lipinski definition) is 1. The SMILES string of the molecule is CC(CNC(C)C)Cc1ccccc1C1CCC1. The molecule has 1 heteroatoms. The molecule has 1 unspecified atom stereocenters. The first-order valence-corrected chi connectivity index (χ1v) is 7.48. The van der Waals surface area contributed by atoms with Gasteiger partial charge in [0.1, 0.15) is 0 Å². The van der Waals surface area contributed by atoms with E-state index < -0.39 is 0 Å². The Labute approximate surface area is 112 Å². The molecule has 0 spiro atoms. The summed E-state index contributed by atoms with van der Waals surface area (Å²) in [5.74, 6) is 1.57. The van der Waals surface area contributed by atoms with Crippen molar-refractivity contribution in [3.63, 3.8) is 0 Å². The highest BCUT2D eigenvalue weighted by Gasteiger charge is 2.22. The minimum Gasteiger partial charge on any atom is -0.314 e. The maximum absolute atomic E-state index is 3.54. The Morgan fingerprint density at radius 3 is 2.50 bits per heavy atom. The predicted molar refractivity (Wildman–Crippen MR) is 79.0 cm³/mol. The van der Waals surface area contributed by atoms with Crippen molar-refractivity contribution in [2.24, 2.45) is 5.92 Å². The Bertz CT molecular complexity index is 366. The lowest BCUT2D eigenvalue weighted by Crippen LogP contribution is -2.28. The van der Waals surface area contributed by atoms with Crippen LogP contribution >= 0.6 is 0 Å². The van der Waals surface area contributed by atoms with E-state index in [4.69, 9.17) is 0 Å². The first-order chi connectivity index (χ1) is 8.66. The average molecular weight is 245 g/mol. The van der Waals surface area contributed by atoms with Gasteiger partial charge in [0.05, 0.1) is 0 Å². The fourth-order valence-corrected chi connectivity index (χ4v) is 2.72. The Hall–Kier alpha value is -0.820. The molecule has 0 aliphatic heterocycles. The summed E-state index contributed by atoms with van der Waals surface area (Å²) in [6, 6.07) is 9.67. The molecule has 1 aromatic carbocycles. The second kappa shape index (κ2) is 6.38. The van der Waals surface area contributed by atoms with Gasteiger partial charge in [-0.15, -0.1) is 0 Å². The molecule has 1 aromatic rings. The van der Waals surface area contributed by atoms with Crippen molar-refractivity contribution >= 4 is 0 Å². The lowest BCUT2D eigenvalue weighted by atomic mass is 9.77. The molecule has 1 N–H and O–H groups in total. The number of benzene rings is 1. The van der Waals surface area contributed by atoms with E-state index in [0.29, 0.717) is 12.0 Å². The lowest BCUT2D eigenvalue weighted by Gasteiger charge is -2.28. The average Bonchev–Trinajstić information content (AvgIpc) is 2.27.